The molecule has 1 aliphatic rings. The zero-order valence-electron chi connectivity index (χ0n) is 9.40. The molecule has 18 heavy (non-hydrogen) atoms. The third kappa shape index (κ3) is 2.01. The fourth-order valence-corrected chi connectivity index (χ4v) is 2.80. The van der Waals surface area contributed by atoms with Gasteiger partial charge in [-0.05, 0) is 46.7 Å². The zero-order valence-corrected chi connectivity index (χ0v) is 12.3. The van der Waals surface area contributed by atoms with Crippen molar-refractivity contribution >= 4 is 51.6 Å². The molecule has 0 spiro atoms. The number of nitrogens with zero attached hydrogens (tertiary/aromatic N) is 3. The molecular formula is C12H10ClIN4. The predicted octanol–water partition coefficient (Wildman–Crippen LogP) is 3.01. The SMILES string of the molecule is Nc1ncc(Cl)c(N2CCc3ccc(I)cc32)n1. The van der Waals surface area contributed by atoms with Crippen LogP contribution in [-0.2, 0) is 6.42 Å². The lowest BCUT2D eigenvalue weighted by molar-refractivity contribution is 0.968. The second kappa shape index (κ2) is 4.55. The van der Waals surface area contributed by atoms with E-state index in [0.29, 0.717) is 10.8 Å². The fourth-order valence-electron chi connectivity index (χ4n) is 2.13. The largest absolute Gasteiger partial charge is 0.368 e. The number of halogens is 2. The Morgan fingerprint density at radius 1 is 1.39 bits per heavy atom. The Kier molecular flexibility index (Phi) is 3.03. The van der Waals surface area contributed by atoms with Crippen molar-refractivity contribution in [1.29, 1.82) is 0 Å². The van der Waals surface area contributed by atoms with Crippen LogP contribution in [0.2, 0.25) is 5.02 Å². The fraction of sp³-hybridized carbons (Fsp3) is 0.167. The Balaban J connectivity index is 2.11. The van der Waals surface area contributed by atoms with Gasteiger partial charge in [0.05, 0.1) is 6.20 Å². The van der Waals surface area contributed by atoms with Gasteiger partial charge in [0.15, 0.2) is 5.82 Å². The second-order valence-electron chi connectivity index (χ2n) is 4.07. The van der Waals surface area contributed by atoms with Gasteiger partial charge in [0.1, 0.15) is 5.02 Å². The van der Waals surface area contributed by atoms with Crippen molar-refractivity contribution in [3.8, 4) is 0 Å². The monoisotopic (exact) mass is 372 g/mol. The number of nitrogen functional groups attached to an aromatic ring is 1. The van der Waals surface area contributed by atoms with E-state index in [9.17, 15) is 0 Å². The Bertz CT molecular complexity index is 617. The standard InChI is InChI=1S/C12H10ClIN4/c13-9-6-16-12(15)17-11(9)18-4-3-7-1-2-8(14)5-10(7)18/h1-2,5-6H,3-4H2,(H2,15,16,17). The van der Waals surface area contributed by atoms with Crippen LogP contribution >= 0.6 is 34.2 Å². The summed E-state index contributed by atoms with van der Waals surface area (Å²) in [7, 11) is 0. The van der Waals surface area contributed by atoms with Crippen LogP contribution in [0, 0.1) is 3.57 Å². The number of benzene rings is 1. The molecule has 2 N–H and O–H groups in total. The molecule has 2 aromatic rings. The van der Waals surface area contributed by atoms with Crippen molar-refractivity contribution in [2.75, 3.05) is 17.2 Å². The molecule has 0 amide bonds. The molecule has 0 saturated heterocycles. The van der Waals surface area contributed by atoms with Gasteiger partial charge in [-0.3, -0.25) is 0 Å². The van der Waals surface area contributed by atoms with E-state index in [0.717, 1.165) is 18.7 Å². The summed E-state index contributed by atoms with van der Waals surface area (Å²) in [6.45, 7) is 0.867. The first-order chi connectivity index (χ1) is 8.65. The molecule has 1 aromatic heterocycles. The van der Waals surface area contributed by atoms with Crippen LogP contribution in [0.1, 0.15) is 5.56 Å². The third-order valence-corrected chi connectivity index (χ3v) is 3.88. The first kappa shape index (κ1) is 12.0. The predicted molar refractivity (Wildman–Crippen MR) is 81.3 cm³/mol. The van der Waals surface area contributed by atoms with Crippen molar-refractivity contribution in [3.05, 3.63) is 38.6 Å². The summed E-state index contributed by atoms with van der Waals surface area (Å²) in [5, 5.41) is 0.524. The van der Waals surface area contributed by atoms with E-state index in [1.807, 2.05) is 0 Å². The average Bonchev–Trinajstić information content (AvgIpc) is 2.75. The molecule has 0 radical (unpaired) electrons. The number of aromatic nitrogens is 2. The zero-order chi connectivity index (χ0) is 12.7. The minimum absolute atomic E-state index is 0.244. The smallest absolute Gasteiger partial charge is 0.222 e. The van der Waals surface area contributed by atoms with E-state index < -0.39 is 0 Å². The molecule has 1 aromatic carbocycles. The quantitative estimate of drug-likeness (QED) is 0.782. The van der Waals surface area contributed by atoms with Gasteiger partial charge in [0.2, 0.25) is 5.95 Å². The van der Waals surface area contributed by atoms with Gasteiger partial charge in [0.25, 0.3) is 0 Å². The summed E-state index contributed by atoms with van der Waals surface area (Å²) < 4.78 is 1.19. The lowest BCUT2D eigenvalue weighted by Crippen LogP contribution is -2.16. The van der Waals surface area contributed by atoms with Crippen LogP contribution in [0.15, 0.2) is 24.4 Å². The van der Waals surface area contributed by atoms with Crippen molar-refractivity contribution in [2.45, 2.75) is 6.42 Å². The summed E-state index contributed by atoms with van der Waals surface area (Å²) in [6.07, 6.45) is 2.54. The molecule has 1 aliphatic heterocycles. The average molecular weight is 373 g/mol. The molecule has 92 valence electrons. The maximum atomic E-state index is 6.16. The molecule has 0 unspecified atom stereocenters. The summed E-state index contributed by atoms with van der Waals surface area (Å²) in [5.41, 5.74) is 8.10. The van der Waals surface area contributed by atoms with Crippen LogP contribution in [-0.4, -0.2) is 16.5 Å². The van der Waals surface area contributed by atoms with Crippen molar-refractivity contribution in [2.24, 2.45) is 0 Å². The lowest BCUT2D eigenvalue weighted by atomic mass is 10.2. The molecule has 2 heterocycles. The highest BCUT2D eigenvalue weighted by atomic mass is 127. The van der Waals surface area contributed by atoms with E-state index in [4.69, 9.17) is 17.3 Å². The maximum absolute atomic E-state index is 6.16. The van der Waals surface area contributed by atoms with Gasteiger partial charge >= 0.3 is 0 Å². The van der Waals surface area contributed by atoms with Crippen LogP contribution in [0.3, 0.4) is 0 Å². The van der Waals surface area contributed by atoms with Gasteiger partial charge in [-0.2, -0.15) is 4.98 Å². The van der Waals surface area contributed by atoms with E-state index in [1.54, 1.807) is 6.20 Å². The van der Waals surface area contributed by atoms with Gasteiger partial charge < -0.3 is 10.6 Å². The van der Waals surface area contributed by atoms with E-state index in [2.05, 4.69) is 55.7 Å². The molecular weight excluding hydrogens is 363 g/mol. The van der Waals surface area contributed by atoms with Gasteiger partial charge in [-0.15, -0.1) is 0 Å². The molecule has 4 nitrogen and oxygen atoms in total. The second-order valence-corrected chi connectivity index (χ2v) is 5.73. The summed E-state index contributed by atoms with van der Waals surface area (Å²) in [5.74, 6) is 0.929. The summed E-state index contributed by atoms with van der Waals surface area (Å²) >= 11 is 8.46. The molecule has 0 bridgehead atoms. The minimum atomic E-state index is 0.244. The summed E-state index contributed by atoms with van der Waals surface area (Å²) in [6, 6.07) is 6.39. The van der Waals surface area contributed by atoms with Gasteiger partial charge in [0, 0.05) is 15.8 Å². The number of hydrogen-bond donors (Lipinski definition) is 1. The van der Waals surface area contributed by atoms with E-state index in [-0.39, 0.29) is 5.95 Å². The molecule has 6 heteroatoms. The molecule has 3 rings (SSSR count). The highest BCUT2D eigenvalue weighted by Gasteiger charge is 2.23. The first-order valence-corrected chi connectivity index (χ1v) is 6.95. The van der Waals surface area contributed by atoms with Gasteiger partial charge in [-0.25, -0.2) is 4.98 Å². The topological polar surface area (TPSA) is 55.0 Å². The highest BCUT2D eigenvalue weighted by molar-refractivity contribution is 14.1. The Morgan fingerprint density at radius 2 is 2.22 bits per heavy atom. The normalized spacial score (nSPS) is 13.8. The highest BCUT2D eigenvalue weighted by Crippen LogP contribution is 2.37. The van der Waals surface area contributed by atoms with Crippen LogP contribution in [0.4, 0.5) is 17.5 Å². The Hall–Kier alpha value is -1.08. The van der Waals surface area contributed by atoms with Crippen LogP contribution in [0.25, 0.3) is 0 Å². The lowest BCUT2D eigenvalue weighted by Gasteiger charge is -2.19. The number of rotatable bonds is 1. The van der Waals surface area contributed by atoms with Crippen LogP contribution in [0.5, 0.6) is 0 Å². The van der Waals surface area contributed by atoms with E-state index >= 15 is 0 Å². The number of fused-ring (bicyclic) bond motifs is 1. The first-order valence-electron chi connectivity index (χ1n) is 5.49. The van der Waals surface area contributed by atoms with Crippen molar-refractivity contribution in [1.82, 2.24) is 9.97 Å². The molecule has 0 fully saturated rings. The number of hydrogen-bond acceptors (Lipinski definition) is 4. The minimum Gasteiger partial charge on any atom is -0.368 e. The number of anilines is 3. The molecule has 0 aliphatic carbocycles. The Morgan fingerprint density at radius 3 is 3.06 bits per heavy atom. The third-order valence-electron chi connectivity index (χ3n) is 2.94. The van der Waals surface area contributed by atoms with Gasteiger partial charge in [-0.1, -0.05) is 17.7 Å². The maximum Gasteiger partial charge on any atom is 0.222 e. The van der Waals surface area contributed by atoms with Crippen molar-refractivity contribution in [3.63, 3.8) is 0 Å². The Labute approximate surface area is 123 Å². The van der Waals surface area contributed by atoms with E-state index in [1.165, 1.54) is 9.13 Å². The summed E-state index contributed by atoms with van der Waals surface area (Å²) in [4.78, 5) is 10.2. The van der Waals surface area contributed by atoms with Crippen LogP contribution < -0.4 is 10.6 Å². The van der Waals surface area contributed by atoms with Crippen molar-refractivity contribution < 1.29 is 0 Å². The molecule has 0 saturated carbocycles. The number of nitrogens with two attached hydrogens (primary N) is 1. The molecule has 0 atom stereocenters.